The highest BCUT2D eigenvalue weighted by molar-refractivity contribution is 7.87. The predicted octanol–water partition coefficient (Wildman–Crippen LogP) is 3.17. The summed E-state index contributed by atoms with van der Waals surface area (Å²) in [4.78, 5) is 19.7. The maximum absolute atomic E-state index is 13.4. The van der Waals surface area contributed by atoms with Crippen molar-refractivity contribution in [2.24, 2.45) is 0 Å². The van der Waals surface area contributed by atoms with Crippen LogP contribution in [0.2, 0.25) is 0 Å². The highest BCUT2D eigenvalue weighted by atomic mass is 32.2. The SMILES string of the molecule is CC(C)c1nc(C=O)n(Cc2cccnc2)c1S(=O)(=O)Oc1cccc(F)c1. The zero-order chi connectivity index (χ0) is 20.3. The molecule has 0 aliphatic carbocycles. The topological polar surface area (TPSA) is 91.1 Å². The number of hydrogen-bond acceptors (Lipinski definition) is 6. The van der Waals surface area contributed by atoms with E-state index < -0.39 is 15.9 Å². The van der Waals surface area contributed by atoms with Gasteiger partial charge in [0.1, 0.15) is 11.6 Å². The number of aldehydes is 1. The average molecular weight is 403 g/mol. The molecule has 0 unspecified atom stereocenters. The number of rotatable bonds is 7. The number of hydrogen-bond donors (Lipinski definition) is 0. The molecule has 28 heavy (non-hydrogen) atoms. The summed E-state index contributed by atoms with van der Waals surface area (Å²) in [7, 11) is -4.39. The highest BCUT2D eigenvalue weighted by Gasteiger charge is 2.31. The standard InChI is InChI=1S/C19H18FN3O4S/c1-13(2)18-19(28(25,26)27-16-7-3-6-15(20)9-16)23(17(12-24)22-18)11-14-5-4-8-21-10-14/h3-10,12-13H,11H2,1-2H3. The van der Waals surface area contributed by atoms with E-state index in [1.807, 2.05) is 0 Å². The molecule has 9 heteroatoms. The summed E-state index contributed by atoms with van der Waals surface area (Å²) < 4.78 is 45.9. The molecule has 0 amide bonds. The quantitative estimate of drug-likeness (QED) is 0.445. The molecule has 0 bridgehead atoms. The third-order valence-electron chi connectivity index (χ3n) is 3.93. The van der Waals surface area contributed by atoms with Gasteiger partial charge in [-0.2, -0.15) is 8.42 Å². The Morgan fingerprint density at radius 2 is 2.04 bits per heavy atom. The van der Waals surface area contributed by atoms with Gasteiger partial charge in [-0.1, -0.05) is 26.0 Å². The van der Waals surface area contributed by atoms with Crippen molar-refractivity contribution in [3.63, 3.8) is 0 Å². The number of carbonyl (C=O) groups excluding carboxylic acids is 1. The van der Waals surface area contributed by atoms with E-state index in [0.717, 1.165) is 6.07 Å². The molecule has 146 valence electrons. The van der Waals surface area contributed by atoms with Crippen molar-refractivity contribution in [3.05, 3.63) is 71.7 Å². The zero-order valence-corrected chi connectivity index (χ0v) is 16.1. The van der Waals surface area contributed by atoms with Crippen molar-refractivity contribution in [1.82, 2.24) is 14.5 Å². The Bertz CT molecular complexity index is 1100. The van der Waals surface area contributed by atoms with Crippen LogP contribution in [0.4, 0.5) is 4.39 Å². The lowest BCUT2D eigenvalue weighted by Gasteiger charge is -2.13. The van der Waals surface area contributed by atoms with Crippen molar-refractivity contribution in [1.29, 1.82) is 0 Å². The molecule has 0 N–H and O–H groups in total. The Hall–Kier alpha value is -3.07. The summed E-state index contributed by atoms with van der Waals surface area (Å²) in [5.41, 5.74) is 0.878. The second-order valence-electron chi connectivity index (χ2n) is 6.38. The number of aromatic nitrogens is 3. The minimum atomic E-state index is -4.39. The van der Waals surface area contributed by atoms with Crippen LogP contribution in [-0.2, 0) is 16.7 Å². The van der Waals surface area contributed by atoms with Gasteiger partial charge in [-0.25, -0.2) is 9.37 Å². The van der Waals surface area contributed by atoms with Crippen LogP contribution in [0, 0.1) is 5.82 Å². The minimum Gasteiger partial charge on any atom is -0.378 e. The van der Waals surface area contributed by atoms with Crippen LogP contribution in [-0.4, -0.2) is 29.2 Å². The van der Waals surface area contributed by atoms with Crippen LogP contribution in [0.1, 0.15) is 41.6 Å². The van der Waals surface area contributed by atoms with Gasteiger partial charge in [-0.3, -0.25) is 9.78 Å². The lowest BCUT2D eigenvalue weighted by Crippen LogP contribution is -2.19. The third kappa shape index (κ3) is 4.09. The van der Waals surface area contributed by atoms with Crippen LogP contribution >= 0.6 is 0 Å². The molecular formula is C19H18FN3O4S. The number of halogens is 1. The van der Waals surface area contributed by atoms with E-state index in [1.54, 1.807) is 38.4 Å². The number of carbonyl (C=O) groups is 1. The van der Waals surface area contributed by atoms with E-state index >= 15 is 0 Å². The Kier molecular flexibility index (Phi) is 5.55. The van der Waals surface area contributed by atoms with Crippen LogP contribution < -0.4 is 4.18 Å². The Balaban J connectivity index is 2.14. The van der Waals surface area contributed by atoms with Crippen molar-refractivity contribution in [3.8, 4) is 5.75 Å². The molecule has 3 aromatic rings. The van der Waals surface area contributed by atoms with Gasteiger partial charge in [0.25, 0.3) is 0 Å². The first-order chi connectivity index (χ1) is 13.3. The van der Waals surface area contributed by atoms with Gasteiger partial charge in [0.15, 0.2) is 17.1 Å². The molecule has 1 aromatic carbocycles. The fraction of sp³-hybridized carbons (Fsp3) is 0.211. The molecule has 0 atom stereocenters. The van der Waals surface area contributed by atoms with Gasteiger partial charge in [-0.05, 0) is 29.7 Å². The summed E-state index contributed by atoms with van der Waals surface area (Å²) in [6.45, 7) is 3.57. The van der Waals surface area contributed by atoms with E-state index in [2.05, 4.69) is 9.97 Å². The molecule has 2 aromatic heterocycles. The lowest BCUT2D eigenvalue weighted by atomic mass is 10.1. The molecule has 2 heterocycles. The third-order valence-corrected chi connectivity index (χ3v) is 5.25. The smallest absolute Gasteiger partial charge is 0.357 e. The van der Waals surface area contributed by atoms with E-state index in [-0.39, 0.29) is 34.8 Å². The van der Waals surface area contributed by atoms with Gasteiger partial charge < -0.3 is 8.75 Å². The van der Waals surface area contributed by atoms with Crippen LogP contribution in [0.25, 0.3) is 0 Å². The maximum Gasteiger partial charge on any atom is 0.357 e. The molecule has 0 saturated carbocycles. The van der Waals surface area contributed by atoms with Gasteiger partial charge in [0.05, 0.1) is 12.2 Å². The maximum atomic E-state index is 13.4. The fourth-order valence-corrected chi connectivity index (χ4v) is 4.12. The van der Waals surface area contributed by atoms with Crippen molar-refractivity contribution in [2.75, 3.05) is 0 Å². The second kappa shape index (κ2) is 7.89. The summed E-state index contributed by atoms with van der Waals surface area (Å²) in [5, 5.41) is -0.238. The number of benzene rings is 1. The largest absolute Gasteiger partial charge is 0.378 e. The Labute approximate surface area is 162 Å². The van der Waals surface area contributed by atoms with Crippen molar-refractivity contribution < 1.29 is 21.8 Å². The van der Waals surface area contributed by atoms with Crippen LogP contribution in [0.15, 0.2) is 53.8 Å². The lowest BCUT2D eigenvalue weighted by molar-refractivity contribution is 0.111. The highest BCUT2D eigenvalue weighted by Crippen LogP contribution is 2.28. The van der Waals surface area contributed by atoms with Crippen molar-refractivity contribution >= 4 is 16.4 Å². The molecule has 0 spiro atoms. The van der Waals surface area contributed by atoms with Gasteiger partial charge in [-0.15, -0.1) is 0 Å². The van der Waals surface area contributed by atoms with E-state index in [9.17, 15) is 17.6 Å². The summed E-state index contributed by atoms with van der Waals surface area (Å²) in [6, 6.07) is 8.27. The summed E-state index contributed by atoms with van der Waals surface area (Å²) in [6.07, 6.45) is 3.64. The zero-order valence-electron chi connectivity index (χ0n) is 15.2. The molecule has 3 rings (SSSR count). The first-order valence-corrected chi connectivity index (χ1v) is 9.87. The van der Waals surface area contributed by atoms with Gasteiger partial charge >= 0.3 is 10.1 Å². The predicted molar refractivity (Wildman–Crippen MR) is 99.3 cm³/mol. The second-order valence-corrected chi connectivity index (χ2v) is 7.84. The first kappa shape index (κ1) is 19.7. The van der Waals surface area contributed by atoms with Crippen LogP contribution in [0.5, 0.6) is 5.75 Å². The Morgan fingerprint density at radius 3 is 2.64 bits per heavy atom. The average Bonchev–Trinajstić information content (AvgIpc) is 3.02. The molecular weight excluding hydrogens is 385 g/mol. The fourth-order valence-electron chi connectivity index (χ4n) is 2.71. The normalized spacial score (nSPS) is 11.6. The van der Waals surface area contributed by atoms with Crippen molar-refractivity contribution in [2.45, 2.75) is 31.3 Å². The van der Waals surface area contributed by atoms with Gasteiger partial charge in [0.2, 0.25) is 0 Å². The van der Waals surface area contributed by atoms with E-state index in [1.165, 1.54) is 22.8 Å². The number of imidazole rings is 1. The number of nitrogens with zero attached hydrogens (tertiary/aromatic N) is 3. The number of pyridine rings is 1. The Morgan fingerprint density at radius 1 is 1.25 bits per heavy atom. The molecule has 7 nitrogen and oxygen atoms in total. The molecule has 0 radical (unpaired) electrons. The summed E-state index contributed by atoms with van der Waals surface area (Å²) >= 11 is 0. The molecule has 0 aliphatic heterocycles. The van der Waals surface area contributed by atoms with E-state index in [4.69, 9.17) is 4.18 Å². The molecule has 0 fully saturated rings. The summed E-state index contributed by atoms with van der Waals surface area (Å²) in [5.74, 6) is -1.14. The van der Waals surface area contributed by atoms with Gasteiger partial charge in [0, 0.05) is 18.5 Å². The van der Waals surface area contributed by atoms with Crippen LogP contribution in [0.3, 0.4) is 0 Å². The first-order valence-electron chi connectivity index (χ1n) is 8.46. The molecule has 0 saturated heterocycles. The minimum absolute atomic E-state index is 0.0472. The monoisotopic (exact) mass is 403 g/mol. The van der Waals surface area contributed by atoms with E-state index in [0.29, 0.717) is 11.8 Å². The molecule has 0 aliphatic rings.